The predicted molar refractivity (Wildman–Crippen MR) is 54.6 cm³/mol. The molecule has 0 saturated carbocycles. The Hall–Kier alpha value is -1.27. The summed E-state index contributed by atoms with van der Waals surface area (Å²) in [6.45, 7) is 2.56. The first-order valence-electron chi connectivity index (χ1n) is 4.84. The number of hydrogen-bond acceptors (Lipinski definition) is 5. The van der Waals surface area contributed by atoms with E-state index in [0.29, 0.717) is 26.3 Å². The van der Waals surface area contributed by atoms with Gasteiger partial charge in [-0.2, -0.15) is 0 Å². The van der Waals surface area contributed by atoms with Crippen molar-refractivity contribution in [2.24, 2.45) is 9.98 Å². The average molecular weight is 211 g/mol. The van der Waals surface area contributed by atoms with Gasteiger partial charge < -0.3 is 9.84 Å². The number of ether oxygens (including phenoxy) is 1. The van der Waals surface area contributed by atoms with Crippen molar-refractivity contribution in [3.8, 4) is 0 Å². The van der Waals surface area contributed by atoms with E-state index in [-0.39, 0.29) is 6.54 Å². The van der Waals surface area contributed by atoms with Gasteiger partial charge >= 0.3 is 5.97 Å². The van der Waals surface area contributed by atoms with Crippen LogP contribution in [0.2, 0.25) is 0 Å². The second-order valence-electron chi connectivity index (χ2n) is 3.56. The molecule has 0 amide bonds. The van der Waals surface area contributed by atoms with Crippen molar-refractivity contribution in [1.82, 2.24) is 4.90 Å². The summed E-state index contributed by atoms with van der Waals surface area (Å²) in [6.07, 6.45) is 2.86. The molecule has 0 spiro atoms. The van der Waals surface area contributed by atoms with Gasteiger partial charge in [-0.25, -0.2) is 9.79 Å². The van der Waals surface area contributed by atoms with E-state index in [0.717, 1.165) is 0 Å². The predicted octanol–water partition coefficient (Wildman–Crippen LogP) is -0.745. The summed E-state index contributed by atoms with van der Waals surface area (Å²) in [5.74, 6) is -0.898. The molecule has 0 radical (unpaired) electrons. The van der Waals surface area contributed by atoms with Gasteiger partial charge in [0.25, 0.3) is 0 Å². The highest BCUT2D eigenvalue weighted by Gasteiger charge is 2.44. The molecule has 0 aromatic heterocycles. The number of carboxylic acid groups (broad SMARTS) is 1. The second-order valence-corrected chi connectivity index (χ2v) is 3.56. The minimum atomic E-state index is -1.07. The van der Waals surface area contributed by atoms with E-state index in [1.54, 1.807) is 0 Å². The van der Waals surface area contributed by atoms with Crippen molar-refractivity contribution in [2.45, 2.75) is 5.54 Å². The van der Waals surface area contributed by atoms with E-state index in [1.807, 2.05) is 4.90 Å². The number of aliphatic imine (C=N–C) groups is 2. The number of hydrogen-bond donors (Lipinski definition) is 1. The van der Waals surface area contributed by atoms with Crippen molar-refractivity contribution in [3.63, 3.8) is 0 Å². The molecule has 0 aliphatic carbocycles. The summed E-state index contributed by atoms with van der Waals surface area (Å²) in [5, 5.41) is 9.29. The van der Waals surface area contributed by atoms with Crippen LogP contribution in [0, 0.1) is 0 Å². The molecule has 2 aliphatic heterocycles. The van der Waals surface area contributed by atoms with E-state index >= 15 is 0 Å². The highest BCUT2D eigenvalue weighted by molar-refractivity contribution is 6.02. The molecule has 6 nitrogen and oxygen atoms in total. The number of aliphatic carboxylic acids is 1. The summed E-state index contributed by atoms with van der Waals surface area (Å²) in [6, 6.07) is 0. The molecule has 1 atom stereocenters. The van der Waals surface area contributed by atoms with Crippen LogP contribution in [0.25, 0.3) is 0 Å². The summed E-state index contributed by atoms with van der Waals surface area (Å²) >= 11 is 0. The zero-order valence-corrected chi connectivity index (χ0v) is 8.30. The zero-order chi connectivity index (χ0) is 10.7. The molecular weight excluding hydrogens is 198 g/mol. The lowest BCUT2D eigenvalue weighted by molar-refractivity contribution is -0.148. The summed E-state index contributed by atoms with van der Waals surface area (Å²) in [4.78, 5) is 21.0. The van der Waals surface area contributed by atoms with Gasteiger partial charge in [-0.1, -0.05) is 0 Å². The van der Waals surface area contributed by atoms with Crippen LogP contribution in [-0.2, 0) is 9.53 Å². The fraction of sp³-hybridized carbons (Fsp3) is 0.667. The van der Waals surface area contributed by atoms with Gasteiger partial charge in [-0.3, -0.25) is 9.89 Å². The fourth-order valence-corrected chi connectivity index (χ4v) is 1.83. The fourth-order valence-electron chi connectivity index (χ4n) is 1.83. The molecule has 0 aromatic carbocycles. The molecule has 82 valence electrons. The Bertz CT molecular complexity index is 310. The van der Waals surface area contributed by atoms with E-state index in [9.17, 15) is 9.90 Å². The van der Waals surface area contributed by atoms with E-state index in [1.165, 1.54) is 12.6 Å². The first-order valence-corrected chi connectivity index (χ1v) is 4.84. The van der Waals surface area contributed by atoms with Crippen LogP contribution >= 0.6 is 0 Å². The summed E-state index contributed by atoms with van der Waals surface area (Å²) in [7, 11) is 0. The number of carbonyl (C=O) groups is 1. The zero-order valence-electron chi connectivity index (χ0n) is 8.30. The topological polar surface area (TPSA) is 74.5 Å². The lowest BCUT2D eigenvalue weighted by atomic mass is 9.97. The van der Waals surface area contributed by atoms with Crippen molar-refractivity contribution in [2.75, 3.05) is 32.8 Å². The maximum Gasteiger partial charge on any atom is 0.331 e. The van der Waals surface area contributed by atoms with Gasteiger partial charge in [0.2, 0.25) is 0 Å². The van der Waals surface area contributed by atoms with Gasteiger partial charge in [0, 0.05) is 19.3 Å². The third kappa shape index (κ3) is 1.78. The molecule has 1 unspecified atom stereocenters. The number of morpholine rings is 1. The maximum atomic E-state index is 11.3. The minimum Gasteiger partial charge on any atom is -0.480 e. The van der Waals surface area contributed by atoms with Crippen molar-refractivity contribution >= 4 is 18.5 Å². The minimum absolute atomic E-state index is 0.228. The molecular formula is C9H13N3O3. The SMILES string of the molecule is O=C(O)C1(N2CCOCC2)C=NC=NC1. The second kappa shape index (κ2) is 4.08. The molecule has 2 heterocycles. The molecule has 15 heavy (non-hydrogen) atoms. The molecule has 0 aromatic rings. The van der Waals surface area contributed by atoms with Crippen LogP contribution < -0.4 is 0 Å². The molecule has 1 saturated heterocycles. The summed E-state index contributed by atoms with van der Waals surface area (Å²) < 4.78 is 5.20. The first kappa shape index (κ1) is 10.3. The molecule has 1 fully saturated rings. The molecule has 1 N–H and O–H groups in total. The Labute approximate surface area is 87.3 Å². The average Bonchev–Trinajstić information content (AvgIpc) is 2.31. The van der Waals surface area contributed by atoms with Crippen LogP contribution in [0.15, 0.2) is 9.98 Å². The van der Waals surface area contributed by atoms with Gasteiger partial charge in [-0.05, 0) is 0 Å². The molecule has 0 bridgehead atoms. The van der Waals surface area contributed by atoms with Crippen molar-refractivity contribution < 1.29 is 14.6 Å². The van der Waals surface area contributed by atoms with Crippen LogP contribution in [0.3, 0.4) is 0 Å². The standard InChI is InChI=1S/C9H13N3O3/c13-8(14)9(5-10-7-11-6-9)12-1-3-15-4-2-12/h5,7H,1-4,6H2,(H,13,14). The van der Waals surface area contributed by atoms with Crippen molar-refractivity contribution in [3.05, 3.63) is 0 Å². The third-order valence-corrected chi connectivity index (χ3v) is 2.71. The van der Waals surface area contributed by atoms with Crippen LogP contribution in [0.5, 0.6) is 0 Å². The smallest absolute Gasteiger partial charge is 0.331 e. The van der Waals surface area contributed by atoms with Crippen LogP contribution in [-0.4, -0.2) is 66.9 Å². The quantitative estimate of drug-likeness (QED) is 0.652. The van der Waals surface area contributed by atoms with Gasteiger partial charge in [0.05, 0.1) is 19.8 Å². The largest absolute Gasteiger partial charge is 0.480 e. The molecule has 2 rings (SSSR count). The Balaban J connectivity index is 2.21. The highest BCUT2D eigenvalue weighted by Crippen LogP contribution is 2.18. The maximum absolute atomic E-state index is 11.3. The van der Waals surface area contributed by atoms with Gasteiger partial charge in [0.1, 0.15) is 6.34 Å². The first-order chi connectivity index (χ1) is 7.26. The Morgan fingerprint density at radius 2 is 2.20 bits per heavy atom. The highest BCUT2D eigenvalue weighted by atomic mass is 16.5. The molecule has 6 heteroatoms. The molecule has 2 aliphatic rings. The van der Waals surface area contributed by atoms with E-state index < -0.39 is 11.5 Å². The summed E-state index contributed by atoms with van der Waals surface area (Å²) in [5.41, 5.74) is -1.07. The van der Waals surface area contributed by atoms with Crippen molar-refractivity contribution in [1.29, 1.82) is 0 Å². The Morgan fingerprint density at radius 3 is 2.73 bits per heavy atom. The Kier molecular flexibility index (Phi) is 2.79. The van der Waals surface area contributed by atoms with Crippen LogP contribution in [0.1, 0.15) is 0 Å². The van der Waals surface area contributed by atoms with Gasteiger partial charge in [-0.15, -0.1) is 0 Å². The number of carboxylic acids is 1. The van der Waals surface area contributed by atoms with Crippen LogP contribution in [0.4, 0.5) is 0 Å². The normalized spacial score (nSPS) is 31.7. The Morgan fingerprint density at radius 1 is 1.47 bits per heavy atom. The third-order valence-electron chi connectivity index (χ3n) is 2.71. The van der Waals surface area contributed by atoms with E-state index in [4.69, 9.17) is 4.74 Å². The lowest BCUT2D eigenvalue weighted by Crippen LogP contribution is -2.62. The monoisotopic (exact) mass is 211 g/mol. The lowest BCUT2D eigenvalue weighted by Gasteiger charge is -2.39. The number of nitrogens with zero attached hydrogens (tertiary/aromatic N) is 3. The van der Waals surface area contributed by atoms with Gasteiger partial charge in [0.15, 0.2) is 5.54 Å². The number of rotatable bonds is 2. The van der Waals surface area contributed by atoms with E-state index in [2.05, 4.69) is 9.98 Å².